The van der Waals surface area contributed by atoms with Crippen molar-refractivity contribution >= 4 is 22.8 Å². The molecule has 166 valence electrons. The average Bonchev–Trinajstić information content (AvgIpc) is 2.83. The number of carbonyl (C=O) groups is 2. The molecule has 0 saturated heterocycles. The highest BCUT2D eigenvalue weighted by molar-refractivity contribution is 5.97. The van der Waals surface area contributed by atoms with Gasteiger partial charge in [-0.15, -0.1) is 0 Å². The number of hydrogen-bond donors (Lipinski definition) is 1. The molecule has 0 aliphatic rings. The van der Waals surface area contributed by atoms with Crippen LogP contribution in [0.15, 0.2) is 88.1 Å². The molecule has 7 heteroatoms. The third-order valence-electron chi connectivity index (χ3n) is 5.14. The quantitative estimate of drug-likeness (QED) is 0.268. The Kier molecular flexibility index (Phi) is 6.22. The Labute approximate surface area is 189 Å². The minimum atomic E-state index is -0.784. The van der Waals surface area contributed by atoms with Crippen LogP contribution >= 0.6 is 0 Å². The van der Waals surface area contributed by atoms with Gasteiger partial charge in [0.25, 0.3) is 5.91 Å². The van der Waals surface area contributed by atoms with Gasteiger partial charge in [-0.05, 0) is 42.8 Å². The highest BCUT2D eigenvalue weighted by Crippen LogP contribution is 2.24. The minimum absolute atomic E-state index is 0.107. The van der Waals surface area contributed by atoms with Crippen molar-refractivity contribution in [2.24, 2.45) is 0 Å². The van der Waals surface area contributed by atoms with Crippen molar-refractivity contribution in [1.82, 2.24) is 5.32 Å². The second kappa shape index (κ2) is 9.40. The van der Waals surface area contributed by atoms with E-state index in [0.717, 1.165) is 5.56 Å². The van der Waals surface area contributed by atoms with Crippen molar-refractivity contribution in [2.45, 2.75) is 13.0 Å². The monoisotopic (exact) mass is 443 g/mol. The number of para-hydroxylation sites is 1. The lowest BCUT2D eigenvalue weighted by molar-refractivity contribution is 0.0731. The van der Waals surface area contributed by atoms with Crippen molar-refractivity contribution in [1.29, 1.82) is 0 Å². The summed E-state index contributed by atoms with van der Waals surface area (Å²) >= 11 is 0. The third-order valence-corrected chi connectivity index (χ3v) is 5.14. The molecule has 1 aromatic heterocycles. The van der Waals surface area contributed by atoms with Gasteiger partial charge in [0.05, 0.1) is 13.2 Å². The fraction of sp³-hybridized carbons (Fsp3) is 0.115. The lowest BCUT2D eigenvalue weighted by Crippen LogP contribution is -2.30. The van der Waals surface area contributed by atoms with E-state index in [9.17, 15) is 14.4 Å². The summed E-state index contributed by atoms with van der Waals surface area (Å²) in [5.74, 6) is -0.569. The first-order valence-corrected chi connectivity index (χ1v) is 10.2. The number of amides is 1. The fourth-order valence-corrected chi connectivity index (χ4v) is 3.39. The molecule has 0 bridgehead atoms. The van der Waals surface area contributed by atoms with Crippen LogP contribution in [0, 0.1) is 0 Å². The molecule has 1 heterocycles. The van der Waals surface area contributed by atoms with Crippen LogP contribution in [0.5, 0.6) is 11.5 Å². The van der Waals surface area contributed by atoms with Crippen LogP contribution in [0.1, 0.15) is 39.2 Å². The van der Waals surface area contributed by atoms with E-state index in [0.29, 0.717) is 11.1 Å². The molecule has 4 aromatic rings. The summed E-state index contributed by atoms with van der Waals surface area (Å²) in [6.07, 6.45) is 0. The number of esters is 1. The lowest BCUT2D eigenvalue weighted by Gasteiger charge is -2.14. The summed E-state index contributed by atoms with van der Waals surface area (Å²) in [7, 11) is 1.46. The predicted molar refractivity (Wildman–Crippen MR) is 123 cm³/mol. The zero-order valence-electron chi connectivity index (χ0n) is 18.0. The predicted octanol–water partition coefficient (Wildman–Crippen LogP) is 4.51. The van der Waals surface area contributed by atoms with Gasteiger partial charge in [0, 0.05) is 11.5 Å². The zero-order valence-corrected chi connectivity index (χ0v) is 18.0. The van der Waals surface area contributed by atoms with Gasteiger partial charge in [0.1, 0.15) is 28.2 Å². The van der Waals surface area contributed by atoms with Crippen molar-refractivity contribution in [3.63, 3.8) is 0 Å². The molecule has 0 spiro atoms. The molecular formula is C26H21NO6. The van der Waals surface area contributed by atoms with Crippen LogP contribution in [0.2, 0.25) is 0 Å². The molecule has 3 aromatic carbocycles. The molecule has 4 rings (SSSR count). The number of fused-ring (bicyclic) bond motifs is 1. The van der Waals surface area contributed by atoms with Gasteiger partial charge in [0.15, 0.2) is 0 Å². The molecule has 1 amide bonds. The number of hydrogen-bond acceptors (Lipinski definition) is 6. The fourth-order valence-electron chi connectivity index (χ4n) is 3.39. The topological polar surface area (TPSA) is 94.8 Å². The first-order chi connectivity index (χ1) is 16.0. The number of methoxy groups -OCH3 is 1. The highest BCUT2D eigenvalue weighted by atomic mass is 16.5. The van der Waals surface area contributed by atoms with Crippen LogP contribution in [0.25, 0.3) is 11.0 Å². The van der Waals surface area contributed by atoms with Crippen molar-refractivity contribution in [2.75, 3.05) is 7.11 Å². The Morgan fingerprint density at radius 3 is 2.39 bits per heavy atom. The number of nitrogens with one attached hydrogen (secondary N) is 1. The van der Waals surface area contributed by atoms with Crippen LogP contribution in [0.3, 0.4) is 0 Å². The van der Waals surface area contributed by atoms with Crippen molar-refractivity contribution in [3.8, 4) is 11.5 Å². The molecule has 0 radical (unpaired) electrons. The molecule has 0 fully saturated rings. The van der Waals surface area contributed by atoms with Crippen LogP contribution in [-0.2, 0) is 0 Å². The highest BCUT2D eigenvalue weighted by Gasteiger charge is 2.18. The summed E-state index contributed by atoms with van der Waals surface area (Å²) in [4.78, 5) is 37.7. The molecule has 1 unspecified atom stereocenters. The molecule has 33 heavy (non-hydrogen) atoms. The van der Waals surface area contributed by atoms with Crippen molar-refractivity contribution in [3.05, 3.63) is 106 Å². The van der Waals surface area contributed by atoms with Gasteiger partial charge in [0.2, 0.25) is 0 Å². The SMILES string of the molecule is COc1ccccc1C(=O)Oc1ccc2cc(C(=O)NC(C)c3ccccc3)c(=O)oc2c1. The zero-order chi connectivity index (χ0) is 23.4. The molecule has 0 aliphatic heterocycles. The number of ether oxygens (including phenoxy) is 2. The standard InChI is InChI=1S/C26H21NO6/c1-16(17-8-4-3-5-9-17)27-24(28)21-14-18-12-13-19(15-23(18)33-26(21)30)32-25(29)20-10-6-7-11-22(20)31-2/h3-16H,1-2H3,(H,27,28). The summed E-state index contributed by atoms with van der Waals surface area (Å²) < 4.78 is 15.9. The first-order valence-electron chi connectivity index (χ1n) is 10.2. The van der Waals surface area contributed by atoms with E-state index in [4.69, 9.17) is 13.9 Å². The van der Waals surface area contributed by atoms with Gasteiger partial charge in [-0.2, -0.15) is 0 Å². The Bertz CT molecular complexity index is 1380. The van der Waals surface area contributed by atoms with Gasteiger partial charge >= 0.3 is 11.6 Å². The molecule has 7 nitrogen and oxygen atoms in total. The molecular weight excluding hydrogens is 422 g/mol. The van der Waals surface area contributed by atoms with E-state index in [-0.39, 0.29) is 28.5 Å². The molecule has 0 saturated carbocycles. The Morgan fingerprint density at radius 1 is 0.909 bits per heavy atom. The summed E-state index contributed by atoms with van der Waals surface area (Å²) in [6.45, 7) is 1.83. The Morgan fingerprint density at radius 2 is 1.64 bits per heavy atom. The van der Waals surface area contributed by atoms with E-state index in [2.05, 4.69) is 5.32 Å². The Balaban J connectivity index is 1.55. The second-order valence-electron chi connectivity index (χ2n) is 7.34. The van der Waals surface area contributed by atoms with E-state index < -0.39 is 17.5 Å². The van der Waals surface area contributed by atoms with Crippen molar-refractivity contribution < 1.29 is 23.5 Å². The second-order valence-corrected chi connectivity index (χ2v) is 7.34. The minimum Gasteiger partial charge on any atom is -0.496 e. The first kappa shape index (κ1) is 21.8. The molecule has 1 atom stereocenters. The van der Waals surface area contributed by atoms with Gasteiger partial charge < -0.3 is 19.2 Å². The van der Waals surface area contributed by atoms with Gasteiger partial charge in [-0.3, -0.25) is 4.79 Å². The number of benzene rings is 3. The van der Waals surface area contributed by atoms with Gasteiger partial charge in [-0.25, -0.2) is 9.59 Å². The Hall–Kier alpha value is -4.39. The maximum absolute atomic E-state index is 12.7. The maximum atomic E-state index is 12.7. The van der Waals surface area contributed by atoms with E-state index >= 15 is 0 Å². The van der Waals surface area contributed by atoms with Crippen LogP contribution in [-0.4, -0.2) is 19.0 Å². The normalized spacial score (nSPS) is 11.6. The van der Waals surface area contributed by atoms with Gasteiger partial charge in [-0.1, -0.05) is 42.5 Å². The smallest absolute Gasteiger partial charge is 0.349 e. The van der Waals surface area contributed by atoms with Crippen LogP contribution < -0.4 is 20.4 Å². The summed E-state index contributed by atoms with van der Waals surface area (Å²) in [5.41, 5.74) is 0.481. The third kappa shape index (κ3) is 4.77. The average molecular weight is 443 g/mol. The maximum Gasteiger partial charge on any atom is 0.349 e. The summed E-state index contributed by atoms with van der Waals surface area (Å²) in [6, 6.07) is 21.9. The summed E-state index contributed by atoms with van der Waals surface area (Å²) in [5, 5.41) is 3.32. The number of rotatable bonds is 6. The van der Waals surface area contributed by atoms with E-state index in [1.807, 2.05) is 37.3 Å². The van der Waals surface area contributed by atoms with E-state index in [1.165, 1.54) is 19.2 Å². The van der Waals surface area contributed by atoms with E-state index in [1.54, 1.807) is 36.4 Å². The molecule has 0 aliphatic carbocycles. The lowest BCUT2D eigenvalue weighted by atomic mass is 10.1. The van der Waals surface area contributed by atoms with Crippen LogP contribution in [0.4, 0.5) is 0 Å². The number of carbonyl (C=O) groups excluding carboxylic acids is 2. The molecule has 1 N–H and O–H groups in total. The largest absolute Gasteiger partial charge is 0.496 e.